The second kappa shape index (κ2) is 12.9. The number of urea groups is 1. The van der Waals surface area contributed by atoms with Crippen LogP contribution in [0.25, 0.3) is 0 Å². The van der Waals surface area contributed by atoms with Gasteiger partial charge in [0.15, 0.2) is 0 Å². The predicted octanol–water partition coefficient (Wildman–Crippen LogP) is -1.63. The van der Waals surface area contributed by atoms with E-state index in [0.29, 0.717) is 31.9 Å². The van der Waals surface area contributed by atoms with Crippen LogP contribution in [0.3, 0.4) is 0 Å². The number of nitrogens with zero attached hydrogens (tertiary/aromatic N) is 2. The predicted molar refractivity (Wildman–Crippen MR) is 137 cm³/mol. The molecule has 0 aliphatic carbocycles. The zero-order valence-electron chi connectivity index (χ0n) is 23.3. The fourth-order valence-electron chi connectivity index (χ4n) is 6.05. The maximum Gasteiger partial charge on any atom is 1.00 e. The summed E-state index contributed by atoms with van der Waals surface area (Å²) >= 11 is 0. The summed E-state index contributed by atoms with van der Waals surface area (Å²) in [7, 11) is 0. The first-order chi connectivity index (χ1) is 18.0. The number of hydrogen-bond acceptors (Lipinski definition) is 8. The molecule has 12 heteroatoms. The number of ether oxygens (including phenoxy) is 2. The molecule has 0 bridgehead atoms. The van der Waals surface area contributed by atoms with Gasteiger partial charge in [0.2, 0.25) is 0 Å². The minimum Gasteiger partial charge on any atom is -0.546 e. The molecule has 1 atom stereocenters. The van der Waals surface area contributed by atoms with Gasteiger partial charge >= 0.3 is 41.6 Å². The monoisotopic (exact) mass is 552 g/mol. The van der Waals surface area contributed by atoms with Crippen LogP contribution in [0.15, 0.2) is 18.2 Å². The number of aliphatic carboxylic acids is 1. The smallest absolute Gasteiger partial charge is 0.546 e. The Balaban J connectivity index is 0.00000420. The molecule has 3 heterocycles. The second-order valence-corrected chi connectivity index (χ2v) is 11.1. The Kier molecular flexibility index (Phi) is 10.3. The van der Waals surface area contributed by atoms with Gasteiger partial charge in [0, 0.05) is 38.6 Å². The molecule has 39 heavy (non-hydrogen) atoms. The number of carbonyl (C=O) groups excluding carboxylic acids is 4. The number of rotatable bonds is 7. The number of carbonyl (C=O) groups is 4. The van der Waals surface area contributed by atoms with Crippen molar-refractivity contribution in [1.29, 1.82) is 0 Å². The Morgan fingerprint density at radius 1 is 1.18 bits per heavy atom. The van der Waals surface area contributed by atoms with E-state index in [4.69, 9.17) is 9.47 Å². The van der Waals surface area contributed by atoms with Crippen molar-refractivity contribution in [3.8, 4) is 5.75 Å². The van der Waals surface area contributed by atoms with Gasteiger partial charge in [0.05, 0.1) is 22.6 Å². The van der Waals surface area contributed by atoms with Crippen molar-refractivity contribution in [2.45, 2.75) is 64.5 Å². The van der Waals surface area contributed by atoms with Gasteiger partial charge in [-0.25, -0.2) is 4.79 Å². The first-order valence-corrected chi connectivity index (χ1v) is 13.3. The van der Waals surface area contributed by atoms with Gasteiger partial charge in [-0.1, -0.05) is 0 Å². The number of hydrogen-bond donors (Lipinski definition) is 2. The standard InChI is InChI=1S/C27H38N4O7.Na/c1-4-28-25(36)29-21-7-6-19(37-15-22(32)33)14-20(21)23(34)30-12-8-18(9-13-30)31-11-5-10-27(17-31)16-26(2,3)38-24(27)35;/h6-7,14,18H,4-5,8-13,15-17H2,1-3H3,(H,32,33)(H2,28,29,36);/q;+1/p-1. The molecule has 3 aliphatic heterocycles. The number of amides is 3. The number of nitrogens with one attached hydrogen (secondary N) is 2. The van der Waals surface area contributed by atoms with Gasteiger partial charge in [0.1, 0.15) is 18.0 Å². The molecule has 1 unspecified atom stereocenters. The molecular weight excluding hydrogens is 515 g/mol. The summed E-state index contributed by atoms with van der Waals surface area (Å²) in [5.74, 6) is -1.55. The van der Waals surface area contributed by atoms with E-state index in [2.05, 4.69) is 15.5 Å². The van der Waals surface area contributed by atoms with Crippen LogP contribution >= 0.6 is 0 Å². The van der Waals surface area contributed by atoms with E-state index in [9.17, 15) is 24.3 Å². The van der Waals surface area contributed by atoms with Gasteiger partial charge in [-0.3, -0.25) is 14.5 Å². The Morgan fingerprint density at radius 3 is 2.51 bits per heavy atom. The van der Waals surface area contributed by atoms with Crippen molar-refractivity contribution in [2.24, 2.45) is 5.41 Å². The van der Waals surface area contributed by atoms with Crippen molar-refractivity contribution in [3.63, 3.8) is 0 Å². The van der Waals surface area contributed by atoms with Crippen LogP contribution in [0.2, 0.25) is 0 Å². The SMILES string of the molecule is CCNC(=O)Nc1ccc(OCC(=O)[O-])cc1C(=O)N1CCC(N2CCCC3(C2)CC(C)(C)OC3=O)CC1.[Na+]. The molecule has 3 fully saturated rings. The van der Waals surface area contributed by atoms with E-state index < -0.39 is 29.6 Å². The van der Waals surface area contributed by atoms with E-state index in [0.717, 1.165) is 38.6 Å². The Labute approximate surface area is 251 Å². The topological polar surface area (TPSA) is 140 Å². The number of benzene rings is 1. The number of piperidine rings is 2. The Bertz CT molecular complexity index is 1090. The molecule has 1 aromatic rings. The maximum absolute atomic E-state index is 13.5. The van der Waals surface area contributed by atoms with Crippen LogP contribution < -0.4 is 50.0 Å². The molecule has 1 aromatic carbocycles. The molecule has 0 saturated carbocycles. The summed E-state index contributed by atoms with van der Waals surface area (Å²) in [5.41, 5.74) is -0.350. The number of esters is 1. The van der Waals surface area contributed by atoms with E-state index in [-0.39, 0.29) is 58.8 Å². The summed E-state index contributed by atoms with van der Waals surface area (Å²) in [6, 6.07) is 4.28. The summed E-state index contributed by atoms with van der Waals surface area (Å²) in [5, 5.41) is 16.1. The van der Waals surface area contributed by atoms with Crippen LogP contribution in [0, 0.1) is 5.41 Å². The van der Waals surface area contributed by atoms with Gasteiger partial charge < -0.3 is 34.9 Å². The number of cyclic esters (lactones) is 1. The summed E-state index contributed by atoms with van der Waals surface area (Å²) in [6.07, 6.45) is 4.05. The first-order valence-electron chi connectivity index (χ1n) is 13.3. The third-order valence-electron chi connectivity index (χ3n) is 7.60. The number of anilines is 1. The van der Waals surface area contributed by atoms with Crippen LogP contribution in [0.4, 0.5) is 10.5 Å². The molecule has 11 nitrogen and oxygen atoms in total. The Morgan fingerprint density at radius 2 is 1.90 bits per heavy atom. The molecule has 208 valence electrons. The van der Waals surface area contributed by atoms with Crippen molar-refractivity contribution in [3.05, 3.63) is 23.8 Å². The van der Waals surface area contributed by atoms with E-state index >= 15 is 0 Å². The van der Waals surface area contributed by atoms with E-state index in [1.165, 1.54) is 18.2 Å². The van der Waals surface area contributed by atoms with Crippen molar-refractivity contribution < 1.29 is 63.3 Å². The minimum absolute atomic E-state index is 0. The first kappa shape index (κ1) is 31.2. The fourth-order valence-corrected chi connectivity index (χ4v) is 6.05. The van der Waals surface area contributed by atoms with Crippen LogP contribution in [0.1, 0.15) is 63.2 Å². The third-order valence-corrected chi connectivity index (χ3v) is 7.60. The minimum atomic E-state index is -1.38. The molecule has 3 amide bonds. The molecule has 4 rings (SSSR count). The number of carboxylic acids is 1. The molecule has 0 radical (unpaired) electrons. The average Bonchev–Trinajstić information content (AvgIpc) is 3.09. The van der Waals surface area contributed by atoms with Crippen molar-refractivity contribution in [2.75, 3.05) is 44.6 Å². The maximum atomic E-state index is 13.5. The van der Waals surface area contributed by atoms with Gasteiger partial charge in [0.25, 0.3) is 5.91 Å². The third kappa shape index (κ3) is 7.45. The van der Waals surface area contributed by atoms with Crippen LogP contribution in [-0.4, -0.2) is 84.7 Å². The van der Waals surface area contributed by atoms with E-state index in [1.54, 1.807) is 11.8 Å². The van der Waals surface area contributed by atoms with Gasteiger partial charge in [-0.05, 0) is 71.2 Å². The number of carboxylic acid groups (broad SMARTS) is 1. The average molecular weight is 553 g/mol. The zero-order valence-corrected chi connectivity index (χ0v) is 25.3. The normalized spacial score (nSPS) is 23.1. The zero-order chi connectivity index (χ0) is 27.5. The van der Waals surface area contributed by atoms with Crippen molar-refractivity contribution >= 4 is 29.6 Å². The molecule has 3 aliphatic rings. The summed E-state index contributed by atoms with van der Waals surface area (Å²) < 4.78 is 10.9. The summed E-state index contributed by atoms with van der Waals surface area (Å²) in [6.45, 7) is 8.15. The largest absolute Gasteiger partial charge is 1.00 e. The second-order valence-electron chi connectivity index (χ2n) is 11.1. The van der Waals surface area contributed by atoms with Gasteiger partial charge in [-0.15, -0.1) is 0 Å². The van der Waals surface area contributed by atoms with Crippen LogP contribution in [-0.2, 0) is 14.3 Å². The fraction of sp³-hybridized carbons (Fsp3) is 0.630. The molecule has 0 aromatic heterocycles. The van der Waals surface area contributed by atoms with E-state index in [1.807, 2.05) is 13.8 Å². The quantitative estimate of drug-likeness (QED) is 0.304. The number of likely N-dealkylation sites (tertiary alicyclic amines) is 2. The van der Waals surface area contributed by atoms with Crippen molar-refractivity contribution in [1.82, 2.24) is 15.1 Å². The van der Waals surface area contributed by atoms with Gasteiger partial charge in [-0.2, -0.15) is 0 Å². The molecule has 1 spiro atoms. The Hall–Kier alpha value is -2.34. The molecule has 2 N–H and O–H groups in total. The molecular formula is C27H37N4NaO7. The summed E-state index contributed by atoms with van der Waals surface area (Å²) in [4.78, 5) is 53.4. The molecule has 3 saturated heterocycles. The van der Waals surface area contributed by atoms with Crippen LogP contribution in [0.5, 0.6) is 5.75 Å².